The maximum Gasteiger partial charge on any atom is 0.224 e. The zero-order valence-corrected chi connectivity index (χ0v) is 19.9. The van der Waals surface area contributed by atoms with Gasteiger partial charge < -0.3 is 19.4 Å². The zero-order valence-electron chi connectivity index (χ0n) is 19.2. The van der Waals surface area contributed by atoms with E-state index in [4.69, 9.17) is 26.1 Å². The number of nitrogens with zero attached hydrogens (tertiary/aromatic N) is 2. The molecule has 1 N–H and O–H groups in total. The monoisotopic (exact) mass is 477 g/mol. The topological polar surface area (TPSA) is 65.4 Å². The second kappa shape index (κ2) is 11.6. The minimum atomic E-state index is -0.0270. The number of rotatable bonds is 11. The minimum Gasteiger partial charge on any atom is -0.490 e. The van der Waals surface area contributed by atoms with E-state index in [-0.39, 0.29) is 5.91 Å². The van der Waals surface area contributed by atoms with Gasteiger partial charge in [0.15, 0.2) is 11.5 Å². The molecule has 6 nitrogen and oxygen atoms in total. The maximum atomic E-state index is 12.4. The number of carbonyl (C=O) groups is 1. The summed E-state index contributed by atoms with van der Waals surface area (Å²) in [6, 6.07) is 23.0. The fourth-order valence-corrected chi connectivity index (χ4v) is 3.95. The normalized spacial score (nSPS) is 10.9. The summed E-state index contributed by atoms with van der Waals surface area (Å²) in [7, 11) is 0. The number of para-hydroxylation sites is 4. The van der Waals surface area contributed by atoms with Gasteiger partial charge in [-0.1, -0.05) is 48.0 Å². The smallest absolute Gasteiger partial charge is 0.224 e. The van der Waals surface area contributed by atoms with Crippen molar-refractivity contribution in [1.29, 1.82) is 0 Å². The molecule has 0 fully saturated rings. The summed E-state index contributed by atoms with van der Waals surface area (Å²) in [4.78, 5) is 17.1. The standard InChI is InChI=1S/C27H28ClN3O3/c1-2-33-24-9-5-6-10-25(24)34-18-17-31-23-8-4-3-7-22(23)30-26(31)15-16-29-27(32)19-20-11-13-21(28)14-12-20/h3-14H,2,15-19H2,1H3,(H,29,32). The van der Waals surface area contributed by atoms with Gasteiger partial charge in [-0.3, -0.25) is 4.79 Å². The maximum absolute atomic E-state index is 12.4. The molecule has 4 aromatic rings. The van der Waals surface area contributed by atoms with Crippen LogP contribution < -0.4 is 14.8 Å². The number of benzene rings is 3. The molecule has 0 spiro atoms. The Bertz CT molecular complexity index is 1240. The average molecular weight is 478 g/mol. The number of nitrogens with one attached hydrogen (secondary N) is 1. The van der Waals surface area contributed by atoms with Crippen molar-refractivity contribution in [3.05, 3.63) is 89.2 Å². The van der Waals surface area contributed by atoms with E-state index >= 15 is 0 Å². The molecule has 0 aliphatic heterocycles. The van der Waals surface area contributed by atoms with Crippen LogP contribution in [-0.4, -0.2) is 35.2 Å². The first-order chi connectivity index (χ1) is 16.6. The van der Waals surface area contributed by atoms with E-state index in [1.54, 1.807) is 12.1 Å². The van der Waals surface area contributed by atoms with Gasteiger partial charge in [0, 0.05) is 18.0 Å². The summed E-state index contributed by atoms with van der Waals surface area (Å²) < 4.78 is 13.8. The fraction of sp³-hybridized carbons (Fsp3) is 0.259. The van der Waals surface area contributed by atoms with E-state index in [0.717, 1.165) is 33.9 Å². The third-order valence-corrected chi connectivity index (χ3v) is 5.66. The van der Waals surface area contributed by atoms with Gasteiger partial charge in [-0.25, -0.2) is 4.98 Å². The number of fused-ring (bicyclic) bond motifs is 1. The molecule has 7 heteroatoms. The molecule has 0 saturated heterocycles. The molecule has 0 aliphatic carbocycles. The van der Waals surface area contributed by atoms with E-state index in [1.165, 1.54) is 0 Å². The van der Waals surface area contributed by atoms with Crippen LogP contribution in [0.5, 0.6) is 11.5 Å². The lowest BCUT2D eigenvalue weighted by molar-refractivity contribution is -0.120. The van der Waals surface area contributed by atoms with Gasteiger partial charge in [-0.2, -0.15) is 0 Å². The quantitative estimate of drug-likeness (QED) is 0.327. The second-order valence-electron chi connectivity index (χ2n) is 7.80. The molecule has 1 heterocycles. The summed E-state index contributed by atoms with van der Waals surface area (Å²) in [6.45, 7) is 4.15. The summed E-state index contributed by atoms with van der Waals surface area (Å²) in [5.74, 6) is 2.35. The van der Waals surface area contributed by atoms with Crippen molar-refractivity contribution in [2.45, 2.75) is 26.3 Å². The van der Waals surface area contributed by atoms with Crippen molar-refractivity contribution in [3.63, 3.8) is 0 Å². The molecule has 176 valence electrons. The van der Waals surface area contributed by atoms with Crippen molar-refractivity contribution < 1.29 is 14.3 Å². The van der Waals surface area contributed by atoms with Gasteiger partial charge in [0.2, 0.25) is 5.91 Å². The van der Waals surface area contributed by atoms with Crippen molar-refractivity contribution in [2.75, 3.05) is 19.8 Å². The van der Waals surface area contributed by atoms with E-state index in [9.17, 15) is 4.79 Å². The first-order valence-electron chi connectivity index (χ1n) is 11.4. The Hall–Kier alpha value is -3.51. The number of ether oxygens (including phenoxy) is 2. The number of imidazole rings is 1. The molecular formula is C27H28ClN3O3. The molecule has 1 aromatic heterocycles. The van der Waals surface area contributed by atoms with Gasteiger partial charge in [-0.05, 0) is 48.9 Å². The highest BCUT2D eigenvalue weighted by molar-refractivity contribution is 6.30. The van der Waals surface area contributed by atoms with Gasteiger partial charge in [-0.15, -0.1) is 0 Å². The Balaban J connectivity index is 1.38. The van der Waals surface area contributed by atoms with Crippen LogP contribution in [0.15, 0.2) is 72.8 Å². The lowest BCUT2D eigenvalue weighted by Crippen LogP contribution is -2.28. The zero-order chi connectivity index (χ0) is 23.8. The van der Waals surface area contributed by atoms with Crippen molar-refractivity contribution in [1.82, 2.24) is 14.9 Å². The third kappa shape index (κ3) is 6.08. The summed E-state index contributed by atoms with van der Waals surface area (Å²) in [5.41, 5.74) is 2.91. The Labute approximate surface area is 204 Å². The minimum absolute atomic E-state index is 0.0270. The van der Waals surface area contributed by atoms with Crippen molar-refractivity contribution >= 4 is 28.5 Å². The van der Waals surface area contributed by atoms with E-state index in [2.05, 4.69) is 16.0 Å². The van der Waals surface area contributed by atoms with Crippen LogP contribution in [0.1, 0.15) is 18.3 Å². The second-order valence-corrected chi connectivity index (χ2v) is 8.24. The third-order valence-electron chi connectivity index (χ3n) is 5.40. The lowest BCUT2D eigenvalue weighted by Gasteiger charge is -2.14. The predicted octanol–water partition coefficient (Wildman–Crippen LogP) is 5.07. The van der Waals surface area contributed by atoms with Crippen LogP contribution in [0.4, 0.5) is 0 Å². The van der Waals surface area contributed by atoms with Crippen LogP contribution >= 0.6 is 11.6 Å². The van der Waals surface area contributed by atoms with Crippen molar-refractivity contribution in [2.24, 2.45) is 0 Å². The van der Waals surface area contributed by atoms with E-state index in [1.807, 2.05) is 61.5 Å². The van der Waals surface area contributed by atoms with Gasteiger partial charge in [0.1, 0.15) is 12.4 Å². The SMILES string of the molecule is CCOc1ccccc1OCCn1c(CCNC(=O)Cc2ccc(Cl)cc2)nc2ccccc21. The number of hydrogen-bond donors (Lipinski definition) is 1. The first kappa shape index (κ1) is 23.6. The van der Waals surface area contributed by atoms with Crippen LogP contribution in [0.2, 0.25) is 5.02 Å². The molecule has 0 saturated carbocycles. The van der Waals surface area contributed by atoms with Gasteiger partial charge in [0.05, 0.1) is 30.6 Å². The van der Waals surface area contributed by atoms with E-state index < -0.39 is 0 Å². The molecule has 4 rings (SSSR count). The number of amides is 1. The predicted molar refractivity (Wildman–Crippen MR) is 135 cm³/mol. The Morgan fingerprint density at radius 2 is 1.68 bits per heavy atom. The highest BCUT2D eigenvalue weighted by atomic mass is 35.5. The van der Waals surface area contributed by atoms with Gasteiger partial charge >= 0.3 is 0 Å². The number of aromatic nitrogens is 2. The highest BCUT2D eigenvalue weighted by Crippen LogP contribution is 2.26. The Morgan fingerprint density at radius 3 is 2.44 bits per heavy atom. The molecule has 0 aliphatic rings. The molecule has 34 heavy (non-hydrogen) atoms. The van der Waals surface area contributed by atoms with Crippen molar-refractivity contribution in [3.8, 4) is 11.5 Å². The number of hydrogen-bond acceptors (Lipinski definition) is 4. The fourth-order valence-electron chi connectivity index (χ4n) is 3.82. The summed E-state index contributed by atoms with van der Waals surface area (Å²) in [6.07, 6.45) is 0.942. The molecule has 0 unspecified atom stereocenters. The molecule has 1 amide bonds. The first-order valence-corrected chi connectivity index (χ1v) is 11.8. The van der Waals surface area contributed by atoms with Crippen LogP contribution in [0, 0.1) is 0 Å². The molecular weight excluding hydrogens is 450 g/mol. The lowest BCUT2D eigenvalue weighted by atomic mass is 10.1. The molecule has 3 aromatic carbocycles. The summed E-state index contributed by atoms with van der Waals surface area (Å²) >= 11 is 5.92. The van der Waals surface area contributed by atoms with Crippen LogP contribution in [0.3, 0.4) is 0 Å². The Kier molecular flexibility index (Phi) is 8.04. The van der Waals surface area contributed by atoms with Gasteiger partial charge in [0.25, 0.3) is 0 Å². The van der Waals surface area contributed by atoms with Crippen LogP contribution in [-0.2, 0) is 24.2 Å². The molecule has 0 radical (unpaired) electrons. The number of carbonyl (C=O) groups excluding carboxylic acids is 1. The Morgan fingerprint density at radius 1 is 0.971 bits per heavy atom. The largest absolute Gasteiger partial charge is 0.490 e. The molecule has 0 atom stereocenters. The average Bonchev–Trinajstić information content (AvgIpc) is 3.19. The van der Waals surface area contributed by atoms with E-state index in [0.29, 0.717) is 44.2 Å². The number of halogens is 1. The molecule has 0 bridgehead atoms. The highest BCUT2D eigenvalue weighted by Gasteiger charge is 2.12. The summed E-state index contributed by atoms with van der Waals surface area (Å²) in [5, 5.41) is 3.66. The van der Waals surface area contributed by atoms with Crippen LogP contribution in [0.25, 0.3) is 11.0 Å².